The van der Waals surface area contributed by atoms with E-state index in [0.717, 1.165) is 5.56 Å². The maximum Gasteiger partial charge on any atom is 0.228 e. The van der Waals surface area contributed by atoms with Crippen LogP contribution >= 0.6 is 0 Å². The van der Waals surface area contributed by atoms with E-state index in [2.05, 4.69) is 15.0 Å². The second-order valence-corrected chi connectivity index (χ2v) is 4.21. The zero-order valence-electron chi connectivity index (χ0n) is 11.0. The molecular formula is C12H17N5O. The van der Waals surface area contributed by atoms with E-state index in [1.54, 1.807) is 19.5 Å². The molecular weight excluding hydrogens is 230 g/mol. The van der Waals surface area contributed by atoms with Crippen LogP contribution in [0.1, 0.15) is 11.7 Å². The van der Waals surface area contributed by atoms with Crippen molar-refractivity contribution in [1.29, 1.82) is 0 Å². The Bertz CT molecular complexity index is 483. The Labute approximate surface area is 107 Å². The molecule has 2 heterocycles. The number of allylic oxidation sites excluding steroid dienone is 1. The minimum absolute atomic E-state index is 0.138. The minimum Gasteiger partial charge on any atom is -0.481 e. The number of ether oxygens (including phenoxy) is 1. The molecule has 1 aliphatic heterocycles. The molecule has 0 radical (unpaired) electrons. The molecule has 18 heavy (non-hydrogen) atoms. The number of methoxy groups -OCH3 is 1. The van der Waals surface area contributed by atoms with Gasteiger partial charge in [0.25, 0.3) is 0 Å². The summed E-state index contributed by atoms with van der Waals surface area (Å²) in [4.78, 5) is 16.9. The summed E-state index contributed by atoms with van der Waals surface area (Å²) in [7, 11) is 7.34. The summed E-state index contributed by atoms with van der Waals surface area (Å²) >= 11 is 0. The first kappa shape index (κ1) is 12.3. The molecule has 0 amide bonds. The van der Waals surface area contributed by atoms with Gasteiger partial charge in [0.2, 0.25) is 11.8 Å². The Hall–Kier alpha value is -2.11. The van der Waals surface area contributed by atoms with E-state index in [-0.39, 0.29) is 6.17 Å². The second kappa shape index (κ2) is 5.03. The average Bonchev–Trinajstić information content (AvgIpc) is 2.38. The predicted molar refractivity (Wildman–Crippen MR) is 71.0 cm³/mol. The minimum atomic E-state index is -0.138. The number of rotatable bonds is 3. The van der Waals surface area contributed by atoms with Gasteiger partial charge in [-0.1, -0.05) is 0 Å². The molecule has 0 N–H and O–H groups in total. The van der Waals surface area contributed by atoms with Crippen molar-refractivity contribution in [2.45, 2.75) is 6.17 Å². The molecule has 6 heteroatoms. The molecule has 0 saturated heterocycles. The van der Waals surface area contributed by atoms with Crippen LogP contribution in [0.25, 0.3) is 0 Å². The molecule has 1 aliphatic rings. The summed E-state index contributed by atoms with van der Waals surface area (Å²) in [5.41, 5.74) is 0.853. The van der Waals surface area contributed by atoms with Crippen molar-refractivity contribution in [1.82, 2.24) is 14.9 Å². The Balaban J connectivity index is 2.38. The summed E-state index contributed by atoms with van der Waals surface area (Å²) in [6, 6.07) is 0. The van der Waals surface area contributed by atoms with Crippen LogP contribution < -0.4 is 9.64 Å². The third-order valence-electron chi connectivity index (χ3n) is 2.66. The highest BCUT2D eigenvalue weighted by Crippen LogP contribution is 2.29. The summed E-state index contributed by atoms with van der Waals surface area (Å²) in [5.74, 6) is 1.17. The van der Waals surface area contributed by atoms with E-state index in [1.165, 1.54) is 0 Å². The third kappa shape index (κ3) is 2.27. The fraction of sp³-hybridized carbons (Fsp3) is 0.417. The van der Waals surface area contributed by atoms with Gasteiger partial charge in [-0.05, 0) is 6.08 Å². The molecule has 0 fully saturated rings. The van der Waals surface area contributed by atoms with Crippen LogP contribution in [0.5, 0.6) is 5.88 Å². The van der Waals surface area contributed by atoms with Gasteiger partial charge in [-0.15, -0.1) is 0 Å². The Morgan fingerprint density at radius 2 is 2.17 bits per heavy atom. The molecule has 0 aliphatic carbocycles. The van der Waals surface area contributed by atoms with Crippen LogP contribution in [0.2, 0.25) is 0 Å². The Kier molecular flexibility index (Phi) is 3.45. The summed E-state index contributed by atoms with van der Waals surface area (Å²) < 4.78 is 5.34. The number of anilines is 1. The van der Waals surface area contributed by atoms with Gasteiger partial charge in [-0.3, -0.25) is 4.99 Å². The monoisotopic (exact) mass is 247 g/mol. The van der Waals surface area contributed by atoms with Crippen molar-refractivity contribution < 1.29 is 4.74 Å². The van der Waals surface area contributed by atoms with Crippen LogP contribution in [0, 0.1) is 0 Å². The van der Waals surface area contributed by atoms with Crippen molar-refractivity contribution in [3.8, 4) is 5.88 Å². The Morgan fingerprint density at radius 1 is 1.39 bits per heavy atom. The number of nitrogens with zero attached hydrogens (tertiary/aromatic N) is 5. The first-order valence-electron chi connectivity index (χ1n) is 5.63. The normalized spacial score (nSPS) is 18.0. The van der Waals surface area contributed by atoms with Gasteiger partial charge < -0.3 is 14.5 Å². The first-order valence-corrected chi connectivity index (χ1v) is 5.63. The van der Waals surface area contributed by atoms with Crippen LogP contribution in [-0.4, -0.2) is 49.3 Å². The fourth-order valence-corrected chi connectivity index (χ4v) is 1.71. The largest absolute Gasteiger partial charge is 0.481 e. The first-order chi connectivity index (χ1) is 8.63. The molecule has 6 nitrogen and oxygen atoms in total. The van der Waals surface area contributed by atoms with E-state index < -0.39 is 0 Å². The predicted octanol–water partition coefficient (Wildman–Crippen LogP) is 1.08. The summed E-state index contributed by atoms with van der Waals surface area (Å²) in [6.45, 7) is 0. The van der Waals surface area contributed by atoms with E-state index in [0.29, 0.717) is 11.8 Å². The average molecular weight is 247 g/mol. The van der Waals surface area contributed by atoms with Crippen molar-refractivity contribution in [3.63, 3.8) is 0 Å². The molecule has 1 atom stereocenters. The lowest BCUT2D eigenvalue weighted by Crippen LogP contribution is -2.22. The SMILES string of the molecule is COc1nc(N(C)C)ncc1C1N=CC=CN1C. The zero-order chi connectivity index (χ0) is 13.1. The molecule has 1 aromatic heterocycles. The van der Waals surface area contributed by atoms with E-state index in [1.807, 2.05) is 43.2 Å². The number of aromatic nitrogens is 2. The third-order valence-corrected chi connectivity index (χ3v) is 2.66. The quantitative estimate of drug-likeness (QED) is 0.800. The van der Waals surface area contributed by atoms with Gasteiger partial charge in [0.05, 0.1) is 12.7 Å². The van der Waals surface area contributed by atoms with Crippen LogP contribution in [0.4, 0.5) is 5.95 Å². The van der Waals surface area contributed by atoms with Gasteiger partial charge in [0.15, 0.2) is 6.17 Å². The van der Waals surface area contributed by atoms with Crippen molar-refractivity contribution in [2.75, 3.05) is 33.2 Å². The highest BCUT2D eigenvalue weighted by atomic mass is 16.5. The van der Waals surface area contributed by atoms with E-state index in [9.17, 15) is 0 Å². The molecule has 1 unspecified atom stereocenters. The van der Waals surface area contributed by atoms with E-state index >= 15 is 0 Å². The maximum atomic E-state index is 5.34. The maximum absolute atomic E-state index is 5.34. The fourth-order valence-electron chi connectivity index (χ4n) is 1.71. The van der Waals surface area contributed by atoms with Gasteiger partial charge >= 0.3 is 0 Å². The van der Waals surface area contributed by atoms with Crippen LogP contribution in [0.3, 0.4) is 0 Å². The molecule has 1 aromatic rings. The molecule has 0 aromatic carbocycles. The number of hydrogen-bond acceptors (Lipinski definition) is 6. The zero-order valence-corrected chi connectivity index (χ0v) is 11.0. The standard InChI is InChI=1S/C12H17N5O/c1-16(2)12-14-8-9(11(15-12)18-4)10-13-6-5-7-17(10)3/h5-8,10H,1-4H3. The second-order valence-electron chi connectivity index (χ2n) is 4.21. The van der Waals surface area contributed by atoms with E-state index in [4.69, 9.17) is 4.74 Å². The van der Waals surface area contributed by atoms with Gasteiger partial charge in [-0.25, -0.2) is 4.98 Å². The molecule has 0 bridgehead atoms. The van der Waals surface area contributed by atoms with Gasteiger partial charge in [-0.2, -0.15) is 4.98 Å². The smallest absolute Gasteiger partial charge is 0.228 e. The topological polar surface area (TPSA) is 53.9 Å². The number of aliphatic imine (C=N–C) groups is 1. The van der Waals surface area contributed by atoms with Crippen molar-refractivity contribution >= 4 is 12.2 Å². The number of hydrogen-bond donors (Lipinski definition) is 0. The molecule has 0 spiro atoms. The lowest BCUT2D eigenvalue weighted by atomic mass is 10.2. The molecule has 96 valence electrons. The van der Waals surface area contributed by atoms with Crippen LogP contribution in [0.15, 0.2) is 23.5 Å². The van der Waals surface area contributed by atoms with Crippen LogP contribution in [-0.2, 0) is 0 Å². The van der Waals surface area contributed by atoms with Gasteiger partial charge in [0.1, 0.15) is 0 Å². The van der Waals surface area contributed by atoms with Gasteiger partial charge in [0, 0.05) is 39.8 Å². The Morgan fingerprint density at radius 3 is 2.78 bits per heavy atom. The highest BCUT2D eigenvalue weighted by Gasteiger charge is 2.21. The summed E-state index contributed by atoms with van der Waals surface area (Å²) in [6.07, 6.45) is 7.23. The lowest BCUT2D eigenvalue weighted by Gasteiger charge is -2.26. The molecule has 2 rings (SSSR count). The lowest BCUT2D eigenvalue weighted by molar-refractivity contribution is 0.321. The highest BCUT2D eigenvalue weighted by molar-refractivity contribution is 5.72. The van der Waals surface area contributed by atoms with Crippen molar-refractivity contribution in [2.24, 2.45) is 4.99 Å². The van der Waals surface area contributed by atoms with Crippen molar-refractivity contribution in [3.05, 3.63) is 24.0 Å². The summed E-state index contributed by atoms with van der Waals surface area (Å²) in [5, 5.41) is 0. The molecule has 0 saturated carbocycles.